The molecule has 0 N–H and O–H groups in total. The molecule has 2 heterocycles. The van der Waals surface area contributed by atoms with Gasteiger partial charge in [0.05, 0.1) is 19.0 Å². The molecule has 3 aromatic rings. The molecule has 2 amide bonds. The van der Waals surface area contributed by atoms with Gasteiger partial charge in [0.1, 0.15) is 5.82 Å². The molecular weight excluding hydrogens is 419 g/mol. The molecule has 1 spiro atoms. The first kappa shape index (κ1) is 21.2. The minimum Gasteiger partial charge on any atom is -0.439 e. The quantitative estimate of drug-likeness (QED) is 0.579. The van der Waals surface area contributed by atoms with E-state index in [-0.39, 0.29) is 11.7 Å². The third-order valence-corrected chi connectivity index (χ3v) is 6.47. The lowest BCUT2D eigenvalue weighted by Crippen LogP contribution is -2.41. The summed E-state index contributed by atoms with van der Waals surface area (Å²) in [7, 11) is 0. The third kappa shape index (κ3) is 4.33. The average molecular weight is 445 g/mol. The maximum Gasteiger partial charge on any atom is 0.410 e. The molecule has 3 aromatic carbocycles. The number of amides is 2. The molecule has 2 aliphatic rings. The molecule has 33 heavy (non-hydrogen) atoms. The van der Waals surface area contributed by atoms with Crippen LogP contribution in [0.2, 0.25) is 0 Å². The number of halogens is 1. The molecule has 6 heteroatoms. The number of rotatable bonds is 5. The summed E-state index contributed by atoms with van der Waals surface area (Å²) in [6, 6.07) is 25.6. The van der Waals surface area contributed by atoms with E-state index in [2.05, 4.69) is 0 Å². The minimum atomic E-state index is -0.704. The van der Waals surface area contributed by atoms with Crippen molar-refractivity contribution in [3.05, 3.63) is 107 Å². The average Bonchev–Trinajstić information content (AvgIpc) is 3.39. The van der Waals surface area contributed by atoms with Crippen molar-refractivity contribution in [2.24, 2.45) is 0 Å². The Labute approximate surface area is 192 Å². The predicted octanol–water partition coefficient (Wildman–Crippen LogP) is 4.58. The van der Waals surface area contributed by atoms with Crippen LogP contribution in [0.25, 0.3) is 0 Å². The first-order valence-electron chi connectivity index (χ1n) is 11.1. The predicted molar refractivity (Wildman–Crippen MR) is 122 cm³/mol. The molecule has 0 radical (unpaired) electrons. The number of ether oxygens (including phenoxy) is 1. The number of nitrogens with zero attached hydrogens (tertiary/aromatic N) is 2. The van der Waals surface area contributed by atoms with Gasteiger partial charge < -0.3 is 9.64 Å². The molecular formula is C27H25FN2O3. The van der Waals surface area contributed by atoms with Crippen molar-refractivity contribution in [3.63, 3.8) is 0 Å². The number of carbonyl (C=O) groups excluding carboxylic acids is 2. The minimum absolute atomic E-state index is 0.0114. The highest BCUT2D eigenvalue weighted by Gasteiger charge is 2.51. The van der Waals surface area contributed by atoms with Crippen LogP contribution in [-0.4, -0.2) is 47.0 Å². The van der Waals surface area contributed by atoms with E-state index in [0.717, 1.165) is 16.7 Å². The monoisotopic (exact) mass is 444 g/mol. The first-order chi connectivity index (χ1) is 16.0. The van der Waals surface area contributed by atoms with Gasteiger partial charge in [-0.2, -0.15) is 0 Å². The molecule has 0 saturated carbocycles. The molecule has 5 nitrogen and oxygen atoms in total. The zero-order valence-electron chi connectivity index (χ0n) is 18.2. The normalized spacial score (nSPS) is 20.0. The van der Waals surface area contributed by atoms with E-state index in [1.165, 1.54) is 12.1 Å². The summed E-state index contributed by atoms with van der Waals surface area (Å²) in [4.78, 5) is 29.7. The maximum absolute atomic E-state index is 13.7. The van der Waals surface area contributed by atoms with Gasteiger partial charge in [-0.25, -0.2) is 9.18 Å². The van der Waals surface area contributed by atoms with E-state index in [9.17, 15) is 14.0 Å². The summed E-state index contributed by atoms with van der Waals surface area (Å²) in [5.41, 5.74) is 2.02. The second-order valence-electron chi connectivity index (χ2n) is 8.80. The van der Waals surface area contributed by atoms with Crippen LogP contribution in [-0.2, 0) is 16.1 Å². The Kier molecular flexibility index (Phi) is 5.58. The Morgan fingerprint density at radius 3 is 2.12 bits per heavy atom. The Balaban J connectivity index is 1.33. The Hall–Kier alpha value is -3.67. The molecule has 0 bridgehead atoms. The van der Waals surface area contributed by atoms with Crippen LogP contribution in [0.1, 0.15) is 29.0 Å². The maximum atomic E-state index is 13.7. The third-order valence-electron chi connectivity index (χ3n) is 6.47. The molecule has 2 saturated heterocycles. The largest absolute Gasteiger partial charge is 0.439 e. The molecule has 0 unspecified atom stereocenters. The van der Waals surface area contributed by atoms with Crippen LogP contribution in [0.15, 0.2) is 84.9 Å². The standard InChI is InChI=1S/C27H25FN2O3/c28-23-13-11-20(12-14-23)17-30-19-27(33-26(30)32)15-16-29(18-27)25(31)24(21-7-3-1-4-8-21)22-9-5-2-6-10-22/h1-14,24H,15-19H2/t27-/m1/s1. The van der Waals surface area contributed by atoms with Gasteiger partial charge in [-0.3, -0.25) is 9.69 Å². The zero-order chi connectivity index (χ0) is 22.8. The van der Waals surface area contributed by atoms with Crippen LogP contribution in [0.5, 0.6) is 0 Å². The van der Waals surface area contributed by atoms with Crippen LogP contribution < -0.4 is 0 Å². The van der Waals surface area contributed by atoms with Crippen molar-refractivity contribution in [1.82, 2.24) is 9.80 Å². The molecule has 168 valence electrons. The Morgan fingerprint density at radius 2 is 1.52 bits per heavy atom. The van der Waals surface area contributed by atoms with E-state index < -0.39 is 17.6 Å². The van der Waals surface area contributed by atoms with Crippen LogP contribution in [0.4, 0.5) is 9.18 Å². The highest BCUT2D eigenvalue weighted by atomic mass is 19.1. The first-order valence-corrected chi connectivity index (χ1v) is 11.1. The SMILES string of the molecule is O=C1O[C@@]2(CCN(C(=O)C(c3ccccc3)c3ccccc3)C2)CN1Cc1ccc(F)cc1. The number of carbonyl (C=O) groups is 2. The summed E-state index contributed by atoms with van der Waals surface area (Å²) in [6.07, 6.45) is 0.206. The van der Waals surface area contributed by atoms with Gasteiger partial charge in [0.15, 0.2) is 5.60 Å². The van der Waals surface area contributed by atoms with E-state index in [4.69, 9.17) is 4.74 Å². The highest BCUT2D eigenvalue weighted by molar-refractivity contribution is 5.87. The van der Waals surface area contributed by atoms with Crippen molar-refractivity contribution >= 4 is 12.0 Å². The molecule has 2 aliphatic heterocycles. The Morgan fingerprint density at radius 1 is 0.909 bits per heavy atom. The second-order valence-corrected chi connectivity index (χ2v) is 8.80. The van der Waals surface area contributed by atoms with Crippen LogP contribution >= 0.6 is 0 Å². The van der Waals surface area contributed by atoms with Gasteiger partial charge in [0.2, 0.25) is 5.91 Å². The smallest absolute Gasteiger partial charge is 0.410 e. The van der Waals surface area contributed by atoms with Crippen molar-refractivity contribution < 1.29 is 18.7 Å². The second kappa shape index (κ2) is 8.70. The highest BCUT2D eigenvalue weighted by Crippen LogP contribution is 2.36. The van der Waals surface area contributed by atoms with Gasteiger partial charge in [0.25, 0.3) is 0 Å². The lowest BCUT2D eigenvalue weighted by atomic mass is 9.90. The van der Waals surface area contributed by atoms with E-state index in [1.807, 2.05) is 65.6 Å². The number of hydrogen-bond donors (Lipinski definition) is 0. The molecule has 5 rings (SSSR count). The lowest BCUT2D eigenvalue weighted by molar-refractivity contribution is -0.131. The van der Waals surface area contributed by atoms with Gasteiger partial charge in [-0.1, -0.05) is 72.8 Å². The fraction of sp³-hybridized carbons (Fsp3) is 0.259. The van der Waals surface area contributed by atoms with Gasteiger partial charge in [-0.05, 0) is 28.8 Å². The fourth-order valence-corrected chi connectivity index (χ4v) is 4.82. The fourth-order valence-electron chi connectivity index (χ4n) is 4.82. The van der Waals surface area contributed by atoms with E-state index >= 15 is 0 Å². The zero-order valence-corrected chi connectivity index (χ0v) is 18.2. The van der Waals surface area contributed by atoms with Crippen molar-refractivity contribution in [2.75, 3.05) is 19.6 Å². The van der Waals surface area contributed by atoms with Crippen LogP contribution in [0.3, 0.4) is 0 Å². The molecule has 1 atom stereocenters. The number of likely N-dealkylation sites (tertiary alicyclic amines) is 1. The van der Waals surface area contributed by atoms with Crippen molar-refractivity contribution in [1.29, 1.82) is 0 Å². The summed E-state index contributed by atoms with van der Waals surface area (Å²) in [5, 5.41) is 0. The summed E-state index contributed by atoms with van der Waals surface area (Å²) in [5.74, 6) is -0.706. The topological polar surface area (TPSA) is 49.9 Å². The molecule has 2 fully saturated rings. The van der Waals surface area contributed by atoms with Crippen molar-refractivity contribution in [3.8, 4) is 0 Å². The van der Waals surface area contributed by atoms with Gasteiger partial charge in [0, 0.05) is 19.5 Å². The molecule has 0 aromatic heterocycles. The van der Waals surface area contributed by atoms with Gasteiger partial charge >= 0.3 is 6.09 Å². The summed E-state index contributed by atoms with van der Waals surface area (Å²) in [6.45, 7) is 1.67. The number of benzene rings is 3. The van der Waals surface area contributed by atoms with Crippen LogP contribution in [0, 0.1) is 5.82 Å². The lowest BCUT2D eigenvalue weighted by Gasteiger charge is -2.26. The van der Waals surface area contributed by atoms with Gasteiger partial charge in [-0.15, -0.1) is 0 Å². The van der Waals surface area contributed by atoms with Crippen molar-refractivity contribution in [2.45, 2.75) is 24.5 Å². The Bertz CT molecular complexity index is 1100. The molecule has 0 aliphatic carbocycles. The summed E-state index contributed by atoms with van der Waals surface area (Å²) >= 11 is 0. The number of hydrogen-bond acceptors (Lipinski definition) is 3. The summed E-state index contributed by atoms with van der Waals surface area (Å²) < 4.78 is 19.0. The van der Waals surface area contributed by atoms with E-state index in [0.29, 0.717) is 32.6 Å². The van der Waals surface area contributed by atoms with E-state index in [1.54, 1.807) is 17.0 Å².